The molecule has 174 valence electrons. The van der Waals surface area contributed by atoms with Crippen molar-refractivity contribution < 1.29 is 0 Å². The van der Waals surface area contributed by atoms with E-state index in [9.17, 15) is 0 Å². The number of allylic oxidation sites excluding steroid dienone is 10. The topological polar surface area (TPSA) is 0 Å². The van der Waals surface area contributed by atoms with Crippen LogP contribution >= 0.6 is 0 Å². The molecule has 0 saturated carbocycles. The Morgan fingerprint density at radius 3 is 0.931 bits per heavy atom. The lowest BCUT2D eigenvalue weighted by Crippen LogP contribution is -1.71. The summed E-state index contributed by atoms with van der Waals surface area (Å²) in [7, 11) is 0. The first-order valence-electron chi connectivity index (χ1n) is 11.2. The average molecular weight is 407 g/mol. The molecule has 0 radical (unpaired) electrons. The highest BCUT2D eigenvalue weighted by Gasteiger charge is 1.73. The highest BCUT2D eigenvalue weighted by Crippen LogP contribution is 1.87. The van der Waals surface area contributed by atoms with Gasteiger partial charge in [0.25, 0.3) is 0 Å². The van der Waals surface area contributed by atoms with Gasteiger partial charge >= 0.3 is 0 Å². The van der Waals surface area contributed by atoms with E-state index in [1.54, 1.807) is 6.08 Å². The van der Waals surface area contributed by atoms with E-state index in [0.717, 1.165) is 12.8 Å². The van der Waals surface area contributed by atoms with Crippen LogP contribution in [0.1, 0.15) is 108 Å². The first-order chi connectivity index (χ1) is 13.4. The minimum atomic E-state index is 0. The molecule has 0 unspecified atom stereocenters. The monoisotopic (exact) mass is 406 g/mol. The second-order valence-corrected chi connectivity index (χ2v) is 6.10. The molecule has 0 heteroatoms. The van der Waals surface area contributed by atoms with Gasteiger partial charge in [-0.1, -0.05) is 130 Å². The van der Waals surface area contributed by atoms with Gasteiger partial charge < -0.3 is 0 Å². The predicted molar refractivity (Wildman–Crippen MR) is 146 cm³/mol. The quantitative estimate of drug-likeness (QED) is 0.277. The van der Waals surface area contributed by atoms with Crippen LogP contribution in [0.5, 0.6) is 0 Å². The highest BCUT2D eigenvalue weighted by molar-refractivity contribution is 4.96. The van der Waals surface area contributed by atoms with Crippen molar-refractivity contribution in [1.82, 2.24) is 0 Å². The van der Waals surface area contributed by atoms with Crippen LogP contribution < -0.4 is 0 Å². The van der Waals surface area contributed by atoms with Crippen LogP contribution in [0.3, 0.4) is 0 Å². The molecule has 0 aromatic carbocycles. The maximum Gasteiger partial charge on any atom is -0.0293 e. The van der Waals surface area contributed by atoms with E-state index in [0.29, 0.717) is 5.92 Å². The van der Waals surface area contributed by atoms with Gasteiger partial charge in [-0.2, -0.15) is 0 Å². The molecule has 0 fully saturated rings. The van der Waals surface area contributed by atoms with Crippen molar-refractivity contribution in [2.24, 2.45) is 5.92 Å². The van der Waals surface area contributed by atoms with E-state index in [1.807, 2.05) is 19.1 Å². The van der Waals surface area contributed by atoms with Crippen LogP contribution in [0.25, 0.3) is 0 Å². The van der Waals surface area contributed by atoms with E-state index in [4.69, 9.17) is 0 Å². The van der Waals surface area contributed by atoms with Crippen LogP contribution in [0.4, 0.5) is 0 Å². The van der Waals surface area contributed by atoms with Gasteiger partial charge in [0.2, 0.25) is 0 Å². The third kappa shape index (κ3) is 121. The van der Waals surface area contributed by atoms with Crippen LogP contribution in [0.2, 0.25) is 0 Å². The fourth-order valence-corrected chi connectivity index (χ4v) is 1.13. The lowest BCUT2D eigenvalue weighted by atomic mass is 10.2. The maximum atomic E-state index is 3.56. The highest BCUT2D eigenvalue weighted by atomic mass is 13.8. The fourth-order valence-electron chi connectivity index (χ4n) is 1.13. The second-order valence-electron chi connectivity index (χ2n) is 6.10. The Balaban J connectivity index is -0.0000000567. The Labute approximate surface area is 188 Å². The molecule has 0 atom stereocenters. The summed E-state index contributed by atoms with van der Waals surface area (Å²) in [5.41, 5.74) is 0. The Morgan fingerprint density at radius 1 is 0.586 bits per heavy atom. The van der Waals surface area contributed by atoms with Crippen LogP contribution in [0.15, 0.2) is 73.9 Å². The molecular formula is C29H58. The van der Waals surface area contributed by atoms with Crippen LogP contribution in [0, 0.1) is 5.92 Å². The molecule has 0 amide bonds. The molecule has 0 aromatic heterocycles. The summed E-state index contributed by atoms with van der Waals surface area (Å²) >= 11 is 0. The van der Waals surface area contributed by atoms with Gasteiger partial charge in [0.1, 0.15) is 0 Å². The molecule has 0 aliphatic carbocycles. The summed E-state index contributed by atoms with van der Waals surface area (Å²) in [6.07, 6.45) is 27.6. The van der Waals surface area contributed by atoms with Crippen LogP contribution in [-0.2, 0) is 0 Å². The molecule has 0 aromatic rings. The summed E-state index contributed by atoms with van der Waals surface area (Å²) in [6.45, 7) is 26.1. The minimum Gasteiger partial charge on any atom is -0.103 e. The summed E-state index contributed by atoms with van der Waals surface area (Å²) < 4.78 is 0. The van der Waals surface area contributed by atoms with E-state index < -0.39 is 0 Å². The fraction of sp³-hybridized carbons (Fsp3) is 0.586. The van der Waals surface area contributed by atoms with Gasteiger partial charge in [-0.25, -0.2) is 0 Å². The minimum absolute atomic E-state index is 0. The van der Waals surface area contributed by atoms with E-state index in [1.165, 1.54) is 25.7 Å². The molecule has 0 saturated heterocycles. The molecule has 0 heterocycles. The summed E-state index contributed by atoms with van der Waals surface area (Å²) in [6, 6.07) is 0. The predicted octanol–water partition coefficient (Wildman–Crippen LogP) is 11.3. The van der Waals surface area contributed by atoms with E-state index in [-0.39, 0.29) is 7.43 Å². The zero-order chi connectivity index (χ0) is 22.9. The molecule has 0 nitrogen and oxygen atoms in total. The molecule has 0 aliphatic rings. The van der Waals surface area contributed by atoms with Gasteiger partial charge in [-0.15, -0.1) is 6.58 Å². The summed E-state index contributed by atoms with van der Waals surface area (Å²) in [5, 5.41) is 0. The first kappa shape index (κ1) is 41.7. The molecule has 0 bridgehead atoms. The van der Waals surface area contributed by atoms with E-state index in [2.05, 4.69) is 111 Å². The van der Waals surface area contributed by atoms with Crippen molar-refractivity contribution in [3.05, 3.63) is 73.9 Å². The van der Waals surface area contributed by atoms with Gasteiger partial charge in [-0.3, -0.25) is 0 Å². The molecule has 0 rings (SSSR count). The standard InChI is InChI=1S/2C6H12.C6H10.2C5H10.CH4/c3*1-3-5-6-4-2;1-4-5(2)3;1-3-5-4-2;/h2*5-6H,3-4H2,1-2H3;3,5-6H,1,4H2,2H3;4-5H,1H2,2-3H3;3,5H,4H2,1-2H3;1H4/b3*6-5+;;5-3+;. The Bertz CT molecular complexity index is 311. The Hall–Kier alpha value is -1.56. The van der Waals surface area contributed by atoms with Gasteiger partial charge in [0, 0.05) is 0 Å². The first-order valence-corrected chi connectivity index (χ1v) is 11.2. The number of hydrogen-bond acceptors (Lipinski definition) is 0. The largest absolute Gasteiger partial charge is 0.103 e. The molecule has 0 aliphatic heterocycles. The molecular weight excluding hydrogens is 348 g/mol. The van der Waals surface area contributed by atoms with Gasteiger partial charge in [0.05, 0.1) is 0 Å². The zero-order valence-electron chi connectivity index (χ0n) is 21.0. The van der Waals surface area contributed by atoms with Gasteiger partial charge in [-0.05, 0) is 51.4 Å². The van der Waals surface area contributed by atoms with Crippen molar-refractivity contribution in [3.63, 3.8) is 0 Å². The number of hydrogen-bond donors (Lipinski definition) is 0. The van der Waals surface area contributed by atoms with Crippen molar-refractivity contribution in [2.45, 2.75) is 108 Å². The summed E-state index contributed by atoms with van der Waals surface area (Å²) in [5.74, 6) is 0.648. The van der Waals surface area contributed by atoms with Crippen molar-refractivity contribution in [3.8, 4) is 0 Å². The lowest BCUT2D eigenvalue weighted by molar-refractivity contribution is 0.835. The van der Waals surface area contributed by atoms with Crippen molar-refractivity contribution in [2.75, 3.05) is 0 Å². The molecule has 29 heavy (non-hydrogen) atoms. The maximum absolute atomic E-state index is 3.56. The van der Waals surface area contributed by atoms with Crippen LogP contribution in [-0.4, -0.2) is 0 Å². The molecule has 0 N–H and O–H groups in total. The summed E-state index contributed by atoms with van der Waals surface area (Å²) in [4.78, 5) is 0. The third-order valence-electron chi connectivity index (χ3n) is 2.73. The average Bonchev–Trinajstić information content (AvgIpc) is 2.71. The Kier molecular flexibility index (Phi) is 81.0. The van der Waals surface area contributed by atoms with Crippen molar-refractivity contribution >= 4 is 0 Å². The number of rotatable bonds is 8. The second kappa shape index (κ2) is 56.3. The third-order valence-corrected chi connectivity index (χ3v) is 2.73. The van der Waals surface area contributed by atoms with Crippen molar-refractivity contribution in [1.29, 1.82) is 0 Å². The molecule has 0 spiro atoms. The normalized spacial score (nSPS) is 9.45. The zero-order valence-corrected chi connectivity index (χ0v) is 21.0. The van der Waals surface area contributed by atoms with E-state index >= 15 is 0 Å². The van der Waals surface area contributed by atoms with Gasteiger partial charge in [0.15, 0.2) is 0 Å². The SMILES string of the molecule is C.C/C=C/CC.C=C/C=C/CC.C=CC(C)C.CC/C=C/CC.CC/C=C/CC. The lowest BCUT2D eigenvalue weighted by Gasteiger charge is -1.84. The Morgan fingerprint density at radius 2 is 0.862 bits per heavy atom. The smallest absolute Gasteiger partial charge is 0.0293 e.